The number of nitrogens with zero attached hydrogens (tertiary/aromatic N) is 1. The first-order valence-corrected chi connectivity index (χ1v) is 9.95. The summed E-state index contributed by atoms with van der Waals surface area (Å²) in [5.41, 5.74) is 3.22. The minimum Gasteiger partial charge on any atom is -0.425 e. The average molecular weight is 418 g/mol. The van der Waals surface area contributed by atoms with Gasteiger partial charge in [-0.3, -0.25) is 4.98 Å². The number of aryl methyl sites for hydroxylation is 1. The number of aromatic nitrogens is 1. The molecule has 0 aliphatic carbocycles. The van der Waals surface area contributed by atoms with Gasteiger partial charge in [-0.05, 0) is 31.0 Å². The summed E-state index contributed by atoms with van der Waals surface area (Å²) in [5.74, 6) is 0.381. The summed E-state index contributed by atoms with van der Waals surface area (Å²) in [6.45, 7) is 3.03. The normalized spacial score (nSPS) is 27.5. The molecule has 7 nitrogen and oxygen atoms in total. The maximum Gasteiger partial charge on any atom is 0.514 e. The van der Waals surface area contributed by atoms with E-state index in [2.05, 4.69) is 4.98 Å². The van der Waals surface area contributed by atoms with Crippen molar-refractivity contribution in [1.29, 1.82) is 0 Å². The van der Waals surface area contributed by atoms with Gasteiger partial charge in [-0.25, -0.2) is 4.79 Å². The predicted octanol–water partition coefficient (Wildman–Crippen LogP) is 3.73. The van der Waals surface area contributed by atoms with Crippen molar-refractivity contribution in [1.82, 2.24) is 4.98 Å². The summed E-state index contributed by atoms with van der Waals surface area (Å²) in [6.07, 6.45) is 0.812. The number of hydrogen-bond acceptors (Lipinski definition) is 7. The van der Waals surface area contributed by atoms with E-state index in [9.17, 15) is 4.79 Å². The van der Waals surface area contributed by atoms with Gasteiger partial charge < -0.3 is 23.7 Å². The predicted molar refractivity (Wildman–Crippen MR) is 102 cm³/mol. The monoisotopic (exact) mass is 417 g/mol. The molecule has 0 spiro atoms. The summed E-state index contributed by atoms with van der Waals surface area (Å²) in [4.78, 5) is 16.9. The molecule has 3 aliphatic rings. The lowest BCUT2D eigenvalue weighted by Crippen LogP contribution is -2.33. The van der Waals surface area contributed by atoms with Gasteiger partial charge in [0.2, 0.25) is 0 Å². The topological polar surface area (TPSA) is 76.1 Å². The second kappa shape index (κ2) is 7.57. The third kappa shape index (κ3) is 3.48. The van der Waals surface area contributed by atoms with Gasteiger partial charge in [0.15, 0.2) is 11.9 Å². The van der Waals surface area contributed by atoms with E-state index in [1.165, 1.54) is 0 Å². The molecule has 0 amide bonds. The van der Waals surface area contributed by atoms with Gasteiger partial charge >= 0.3 is 6.16 Å². The Hall–Kier alpha value is -2.19. The van der Waals surface area contributed by atoms with Gasteiger partial charge in [0.1, 0.15) is 12.2 Å². The van der Waals surface area contributed by atoms with E-state index in [4.69, 9.17) is 35.3 Å². The second-order valence-corrected chi connectivity index (χ2v) is 7.79. The van der Waals surface area contributed by atoms with Crippen molar-refractivity contribution in [3.05, 3.63) is 57.9 Å². The summed E-state index contributed by atoms with van der Waals surface area (Å²) in [5, 5.41) is 0.658. The molecule has 2 fully saturated rings. The molecular weight excluding hydrogens is 398 g/mol. The SMILES string of the molecule is Cc1ncc2c(c1OC(=O)O[C@@H]1COC3CCO[C@@H]31)COC2c1ccc(Cl)cc1. The lowest BCUT2D eigenvalue weighted by molar-refractivity contribution is -0.0114. The molecule has 1 aromatic carbocycles. The van der Waals surface area contributed by atoms with Gasteiger partial charge in [0.05, 0.1) is 25.0 Å². The Kier molecular flexibility index (Phi) is 4.91. The molecule has 1 aromatic heterocycles. The van der Waals surface area contributed by atoms with E-state index in [1.807, 2.05) is 24.3 Å². The summed E-state index contributed by atoms with van der Waals surface area (Å²) in [7, 11) is 0. The minimum absolute atomic E-state index is 0.00860. The van der Waals surface area contributed by atoms with Gasteiger partial charge in [0, 0.05) is 29.0 Å². The number of carbonyl (C=O) groups is 1. The van der Waals surface area contributed by atoms with Crippen LogP contribution in [0.2, 0.25) is 5.02 Å². The number of benzene rings is 1. The molecule has 5 rings (SSSR count). The third-order valence-corrected chi connectivity index (χ3v) is 5.80. The van der Waals surface area contributed by atoms with E-state index in [-0.39, 0.29) is 18.3 Å². The van der Waals surface area contributed by atoms with Crippen LogP contribution in [-0.4, -0.2) is 42.7 Å². The van der Waals surface area contributed by atoms with E-state index >= 15 is 0 Å². The lowest BCUT2D eigenvalue weighted by atomic mass is 10.0. The largest absolute Gasteiger partial charge is 0.514 e. The Morgan fingerprint density at radius 3 is 2.86 bits per heavy atom. The maximum atomic E-state index is 12.5. The molecule has 8 heteroatoms. The zero-order valence-corrected chi connectivity index (χ0v) is 16.6. The van der Waals surface area contributed by atoms with Crippen LogP contribution in [-0.2, 0) is 25.6 Å². The molecule has 4 heterocycles. The third-order valence-electron chi connectivity index (χ3n) is 5.55. The fraction of sp³-hybridized carbons (Fsp3) is 0.429. The summed E-state index contributed by atoms with van der Waals surface area (Å²) >= 11 is 5.98. The van der Waals surface area contributed by atoms with Gasteiger partial charge in [0.25, 0.3) is 0 Å². The highest BCUT2D eigenvalue weighted by atomic mass is 35.5. The molecule has 29 heavy (non-hydrogen) atoms. The van der Waals surface area contributed by atoms with Crippen LogP contribution in [0, 0.1) is 6.92 Å². The van der Waals surface area contributed by atoms with Crippen molar-refractivity contribution in [2.24, 2.45) is 0 Å². The van der Waals surface area contributed by atoms with Crippen LogP contribution in [0.4, 0.5) is 4.79 Å². The molecule has 0 N–H and O–H groups in total. The van der Waals surface area contributed by atoms with Crippen molar-refractivity contribution in [3.8, 4) is 5.75 Å². The number of fused-ring (bicyclic) bond motifs is 2. The van der Waals surface area contributed by atoms with Gasteiger partial charge in [-0.1, -0.05) is 23.7 Å². The van der Waals surface area contributed by atoms with E-state index in [0.717, 1.165) is 23.1 Å². The fourth-order valence-corrected chi connectivity index (χ4v) is 4.22. The Morgan fingerprint density at radius 2 is 2.03 bits per heavy atom. The summed E-state index contributed by atoms with van der Waals surface area (Å²) < 4.78 is 28.2. The number of ether oxygens (including phenoxy) is 5. The zero-order chi connectivity index (χ0) is 20.0. The Morgan fingerprint density at radius 1 is 1.21 bits per heavy atom. The van der Waals surface area contributed by atoms with Crippen molar-refractivity contribution < 1.29 is 28.5 Å². The highest BCUT2D eigenvalue weighted by molar-refractivity contribution is 6.30. The highest BCUT2D eigenvalue weighted by Gasteiger charge is 2.44. The van der Waals surface area contributed by atoms with Crippen molar-refractivity contribution in [2.45, 2.75) is 44.4 Å². The Bertz CT molecular complexity index is 934. The molecule has 0 bridgehead atoms. The van der Waals surface area contributed by atoms with E-state index < -0.39 is 12.3 Å². The van der Waals surface area contributed by atoms with Crippen LogP contribution in [0.3, 0.4) is 0 Å². The van der Waals surface area contributed by atoms with Gasteiger partial charge in [-0.15, -0.1) is 0 Å². The molecular formula is C21H20ClNO6. The number of pyridine rings is 1. The quantitative estimate of drug-likeness (QED) is 0.704. The van der Waals surface area contributed by atoms with Crippen LogP contribution in [0.5, 0.6) is 5.75 Å². The van der Waals surface area contributed by atoms with Crippen LogP contribution in [0.25, 0.3) is 0 Å². The van der Waals surface area contributed by atoms with Crippen LogP contribution >= 0.6 is 11.6 Å². The fourth-order valence-electron chi connectivity index (χ4n) is 4.09. The number of rotatable bonds is 3. The first-order chi connectivity index (χ1) is 14.1. The number of carbonyl (C=O) groups excluding carboxylic acids is 1. The molecule has 2 unspecified atom stereocenters. The molecule has 4 atom stereocenters. The second-order valence-electron chi connectivity index (χ2n) is 7.35. The highest BCUT2D eigenvalue weighted by Crippen LogP contribution is 2.41. The molecule has 2 aromatic rings. The average Bonchev–Trinajstić information content (AvgIpc) is 3.42. The van der Waals surface area contributed by atoms with Gasteiger partial charge in [-0.2, -0.15) is 0 Å². The number of halogens is 1. The smallest absolute Gasteiger partial charge is 0.425 e. The summed E-state index contributed by atoms with van der Waals surface area (Å²) in [6, 6.07) is 7.46. The zero-order valence-electron chi connectivity index (χ0n) is 15.8. The standard InChI is InChI=1S/C21H20ClNO6/c1-11-18(29-21(24)28-17-10-26-16-6-7-25-20(16)17)15-9-27-19(14(15)8-23-11)12-2-4-13(22)5-3-12/h2-5,8,16-17,19-20H,6-7,9-10H2,1H3/t16?,17-,19?,20+/m1/s1. The molecule has 2 saturated heterocycles. The van der Waals surface area contributed by atoms with E-state index in [1.54, 1.807) is 13.1 Å². The number of hydrogen-bond donors (Lipinski definition) is 0. The van der Waals surface area contributed by atoms with Crippen LogP contribution < -0.4 is 4.74 Å². The Balaban J connectivity index is 1.34. The maximum absolute atomic E-state index is 12.5. The van der Waals surface area contributed by atoms with E-state index in [0.29, 0.717) is 36.3 Å². The minimum atomic E-state index is -0.789. The lowest BCUT2D eigenvalue weighted by Gasteiger charge is -2.17. The van der Waals surface area contributed by atoms with Crippen molar-refractivity contribution >= 4 is 17.8 Å². The van der Waals surface area contributed by atoms with Crippen LogP contribution in [0.15, 0.2) is 30.5 Å². The molecule has 152 valence electrons. The first kappa shape index (κ1) is 18.8. The molecule has 0 saturated carbocycles. The molecule has 0 radical (unpaired) electrons. The van der Waals surface area contributed by atoms with Crippen LogP contribution in [0.1, 0.15) is 34.9 Å². The van der Waals surface area contributed by atoms with Crippen molar-refractivity contribution in [2.75, 3.05) is 13.2 Å². The Labute approximate surface area is 172 Å². The molecule has 3 aliphatic heterocycles. The van der Waals surface area contributed by atoms with Crippen molar-refractivity contribution in [3.63, 3.8) is 0 Å². The first-order valence-electron chi connectivity index (χ1n) is 9.57.